The first-order valence-corrected chi connectivity index (χ1v) is 6.15. The number of carbonyl (C=O) groups excluding carboxylic acids is 3. The molecule has 1 atom stereocenters. The Morgan fingerprint density at radius 3 is 2.45 bits per heavy atom. The van der Waals surface area contributed by atoms with Crippen LogP contribution in [0.3, 0.4) is 0 Å². The van der Waals surface area contributed by atoms with Gasteiger partial charge in [0.2, 0.25) is 0 Å². The van der Waals surface area contributed by atoms with Crippen LogP contribution < -0.4 is 11.1 Å². The monoisotopic (exact) mass is 278 g/mol. The van der Waals surface area contributed by atoms with E-state index in [1.54, 1.807) is 12.1 Å². The zero-order valence-corrected chi connectivity index (χ0v) is 11.7. The van der Waals surface area contributed by atoms with Gasteiger partial charge in [0.25, 0.3) is 11.8 Å². The SMILES string of the molecule is Cc1ccc(C(=O)NCC(=O)O[C@H](C)C(N)=O)cc1C. The van der Waals surface area contributed by atoms with E-state index in [1.807, 2.05) is 19.9 Å². The summed E-state index contributed by atoms with van der Waals surface area (Å²) in [5.74, 6) is -1.83. The van der Waals surface area contributed by atoms with Crippen molar-refractivity contribution in [3.63, 3.8) is 0 Å². The number of nitrogens with two attached hydrogens (primary N) is 1. The summed E-state index contributed by atoms with van der Waals surface area (Å²) < 4.78 is 4.71. The number of hydrogen-bond acceptors (Lipinski definition) is 4. The molecule has 1 aromatic rings. The Morgan fingerprint density at radius 1 is 1.25 bits per heavy atom. The summed E-state index contributed by atoms with van der Waals surface area (Å²) >= 11 is 0. The zero-order valence-electron chi connectivity index (χ0n) is 11.7. The molecular weight excluding hydrogens is 260 g/mol. The molecule has 0 aliphatic rings. The van der Waals surface area contributed by atoms with Crippen LogP contribution in [0, 0.1) is 13.8 Å². The van der Waals surface area contributed by atoms with Gasteiger partial charge in [-0.1, -0.05) is 6.07 Å². The summed E-state index contributed by atoms with van der Waals surface area (Å²) in [6, 6.07) is 5.24. The van der Waals surface area contributed by atoms with E-state index in [-0.39, 0.29) is 12.5 Å². The molecule has 0 aliphatic heterocycles. The topological polar surface area (TPSA) is 98.5 Å². The number of hydrogen-bond donors (Lipinski definition) is 2. The van der Waals surface area contributed by atoms with Crippen LogP contribution in [0.2, 0.25) is 0 Å². The van der Waals surface area contributed by atoms with E-state index in [9.17, 15) is 14.4 Å². The molecule has 1 aromatic carbocycles. The van der Waals surface area contributed by atoms with E-state index in [4.69, 9.17) is 10.5 Å². The van der Waals surface area contributed by atoms with E-state index in [0.29, 0.717) is 5.56 Å². The maximum atomic E-state index is 11.8. The second-order valence-electron chi connectivity index (χ2n) is 4.52. The molecule has 6 nitrogen and oxygen atoms in total. The molecule has 0 bridgehead atoms. The van der Waals surface area contributed by atoms with Crippen molar-refractivity contribution in [1.29, 1.82) is 0 Å². The second kappa shape index (κ2) is 6.70. The maximum absolute atomic E-state index is 11.8. The van der Waals surface area contributed by atoms with Crippen molar-refractivity contribution < 1.29 is 19.1 Å². The van der Waals surface area contributed by atoms with Gasteiger partial charge in [-0.2, -0.15) is 0 Å². The number of primary amides is 1. The standard InChI is InChI=1S/C14H18N2O4/c1-8-4-5-11(6-9(8)2)14(19)16-7-12(17)20-10(3)13(15)18/h4-6,10H,7H2,1-3H3,(H2,15,18)(H,16,19)/t10-/m1/s1. The molecule has 0 fully saturated rings. The maximum Gasteiger partial charge on any atom is 0.326 e. The average Bonchev–Trinajstić information content (AvgIpc) is 2.39. The summed E-state index contributed by atoms with van der Waals surface area (Å²) in [7, 11) is 0. The average molecular weight is 278 g/mol. The second-order valence-corrected chi connectivity index (χ2v) is 4.52. The lowest BCUT2D eigenvalue weighted by molar-refractivity contribution is -0.152. The number of esters is 1. The lowest BCUT2D eigenvalue weighted by atomic mass is 10.1. The highest BCUT2D eigenvalue weighted by molar-refractivity contribution is 5.96. The van der Waals surface area contributed by atoms with Gasteiger partial charge in [-0.3, -0.25) is 14.4 Å². The molecule has 20 heavy (non-hydrogen) atoms. The van der Waals surface area contributed by atoms with E-state index in [2.05, 4.69) is 5.32 Å². The minimum absolute atomic E-state index is 0.316. The molecule has 0 aliphatic carbocycles. The fourth-order valence-corrected chi connectivity index (χ4v) is 1.43. The smallest absolute Gasteiger partial charge is 0.326 e. The Labute approximate surface area is 117 Å². The van der Waals surface area contributed by atoms with E-state index in [1.165, 1.54) is 6.92 Å². The van der Waals surface area contributed by atoms with Gasteiger partial charge in [0.05, 0.1) is 0 Å². The van der Waals surface area contributed by atoms with Crippen LogP contribution in [0.25, 0.3) is 0 Å². The molecule has 3 N–H and O–H groups in total. The summed E-state index contributed by atoms with van der Waals surface area (Å²) in [6.45, 7) is 4.89. The van der Waals surface area contributed by atoms with E-state index >= 15 is 0 Å². The predicted molar refractivity (Wildman–Crippen MR) is 73.0 cm³/mol. The predicted octanol–water partition coefficient (Wildman–Crippen LogP) is 0.450. The lowest BCUT2D eigenvalue weighted by Crippen LogP contribution is -2.36. The van der Waals surface area contributed by atoms with Crippen LogP contribution in [0.1, 0.15) is 28.4 Å². The van der Waals surface area contributed by atoms with Crippen LogP contribution in [0.5, 0.6) is 0 Å². The quantitative estimate of drug-likeness (QED) is 0.764. The minimum atomic E-state index is -1.01. The van der Waals surface area contributed by atoms with Gasteiger partial charge in [-0.05, 0) is 44.0 Å². The highest BCUT2D eigenvalue weighted by Crippen LogP contribution is 2.09. The first-order valence-electron chi connectivity index (χ1n) is 6.15. The molecule has 0 saturated heterocycles. The van der Waals surface area contributed by atoms with Gasteiger partial charge in [0.1, 0.15) is 6.54 Å². The number of ether oxygens (including phenoxy) is 1. The fraction of sp³-hybridized carbons (Fsp3) is 0.357. The molecule has 0 aromatic heterocycles. The van der Waals surface area contributed by atoms with Crippen molar-refractivity contribution in [3.05, 3.63) is 34.9 Å². The first-order chi connectivity index (χ1) is 9.31. The fourth-order valence-electron chi connectivity index (χ4n) is 1.43. The highest BCUT2D eigenvalue weighted by Gasteiger charge is 2.15. The third-order valence-corrected chi connectivity index (χ3v) is 2.87. The van der Waals surface area contributed by atoms with Gasteiger partial charge in [0.15, 0.2) is 6.10 Å². The third kappa shape index (κ3) is 4.38. The summed E-state index contributed by atoms with van der Waals surface area (Å²) in [6.07, 6.45) is -1.01. The van der Waals surface area contributed by atoms with Gasteiger partial charge >= 0.3 is 5.97 Å². The van der Waals surface area contributed by atoms with Gasteiger partial charge in [-0.15, -0.1) is 0 Å². The number of carbonyl (C=O) groups is 3. The molecule has 108 valence electrons. The van der Waals surface area contributed by atoms with Crippen LogP contribution in [0.4, 0.5) is 0 Å². The number of rotatable bonds is 5. The molecule has 1 rings (SSSR count). The van der Waals surface area contributed by atoms with Gasteiger partial charge in [0, 0.05) is 5.56 Å². The van der Waals surface area contributed by atoms with Crippen molar-refractivity contribution in [2.24, 2.45) is 5.73 Å². The van der Waals surface area contributed by atoms with Crippen LogP contribution >= 0.6 is 0 Å². The van der Waals surface area contributed by atoms with Crippen molar-refractivity contribution in [3.8, 4) is 0 Å². The number of amides is 2. The Kier molecular flexibility index (Phi) is 5.25. The Hall–Kier alpha value is -2.37. The first kappa shape index (κ1) is 15.7. The normalized spacial score (nSPS) is 11.6. The molecule has 6 heteroatoms. The van der Waals surface area contributed by atoms with Crippen LogP contribution in [0.15, 0.2) is 18.2 Å². The van der Waals surface area contributed by atoms with Crippen molar-refractivity contribution in [1.82, 2.24) is 5.32 Å². The molecule has 2 amide bonds. The lowest BCUT2D eigenvalue weighted by Gasteiger charge is -2.10. The molecule has 0 spiro atoms. The van der Waals surface area contributed by atoms with E-state index in [0.717, 1.165) is 11.1 Å². The Bertz CT molecular complexity index is 540. The Balaban J connectivity index is 2.53. The number of benzene rings is 1. The van der Waals surface area contributed by atoms with E-state index < -0.39 is 18.0 Å². The molecular formula is C14H18N2O4. The summed E-state index contributed by atoms with van der Waals surface area (Å²) in [5, 5.41) is 2.42. The Morgan fingerprint density at radius 2 is 1.90 bits per heavy atom. The minimum Gasteiger partial charge on any atom is -0.451 e. The van der Waals surface area contributed by atoms with Gasteiger partial charge < -0.3 is 15.8 Å². The number of aryl methyl sites for hydroxylation is 2. The molecule has 0 radical (unpaired) electrons. The largest absolute Gasteiger partial charge is 0.451 e. The van der Waals surface area contributed by atoms with Crippen molar-refractivity contribution in [2.75, 3.05) is 6.54 Å². The summed E-state index contributed by atoms with van der Waals surface area (Å²) in [4.78, 5) is 33.9. The zero-order chi connectivity index (χ0) is 15.3. The van der Waals surface area contributed by atoms with Crippen molar-refractivity contribution in [2.45, 2.75) is 26.9 Å². The number of nitrogens with one attached hydrogen (secondary N) is 1. The molecule has 0 heterocycles. The molecule has 0 saturated carbocycles. The van der Waals surface area contributed by atoms with Crippen molar-refractivity contribution >= 4 is 17.8 Å². The highest BCUT2D eigenvalue weighted by atomic mass is 16.5. The van der Waals surface area contributed by atoms with Gasteiger partial charge in [-0.25, -0.2) is 0 Å². The third-order valence-electron chi connectivity index (χ3n) is 2.87. The van der Waals surface area contributed by atoms with Crippen LogP contribution in [-0.2, 0) is 14.3 Å². The van der Waals surface area contributed by atoms with Crippen LogP contribution in [-0.4, -0.2) is 30.4 Å². The summed E-state index contributed by atoms with van der Waals surface area (Å²) in [5.41, 5.74) is 7.49. The molecule has 0 unspecified atom stereocenters.